The molecule has 0 aromatic heterocycles. The number of amides is 1. The average molecular weight is 1090 g/mol. The Morgan fingerprint density at radius 3 is 2.32 bits per heavy atom. The lowest BCUT2D eigenvalue weighted by Gasteiger charge is -2.43. The molecule has 3 N–H and O–H groups in total. The van der Waals surface area contributed by atoms with Crippen molar-refractivity contribution in [3.8, 4) is 0 Å². The zero-order valence-corrected chi connectivity index (χ0v) is 48.1. The number of ether oxygens (including phenoxy) is 7. The summed E-state index contributed by atoms with van der Waals surface area (Å²) in [7, 11) is 3.09. The molecule has 3 saturated heterocycles. The fourth-order valence-electron chi connectivity index (χ4n) is 12.0. The predicted molar refractivity (Wildman–Crippen MR) is 291 cm³/mol. The Morgan fingerprint density at radius 1 is 0.844 bits per heavy atom. The van der Waals surface area contributed by atoms with E-state index in [9.17, 15) is 39.3 Å². The second kappa shape index (κ2) is 31.5. The third-order valence-corrected chi connectivity index (χ3v) is 17.0. The van der Waals surface area contributed by atoms with Crippen LogP contribution in [0.25, 0.3) is 0 Å². The fraction of sp³-hybridized carbons (Fsp3) is 0.783. The third kappa shape index (κ3) is 18.3. The highest BCUT2D eigenvalue weighted by Gasteiger charge is 2.53. The normalized spacial score (nSPS) is 38.4. The molecule has 1 saturated carbocycles. The van der Waals surface area contributed by atoms with Gasteiger partial charge in [0.2, 0.25) is 5.79 Å². The Labute approximate surface area is 459 Å². The molecule has 5 aliphatic rings. The number of morpholine rings is 1. The van der Waals surface area contributed by atoms with Gasteiger partial charge in [-0.05, 0) is 120 Å². The van der Waals surface area contributed by atoms with Gasteiger partial charge in [0.1, 0.15) is 30.1 Å². The zero-order valence-electron chi connectivity index (χ0n) is 48.1. The second-order valence-electron chi connectivity index (χ2n) is 23.1. The van der Waals surface area contributed by atoms with Crippen LogP contribution in [-0.4, -0.2) is 182 Å². The number of carbonyl (C=O) groups excluding carboxylic acids is 5. The van der Waals surface area contributed by atoms with Gasteiger partial charge in [0.15, 0.2) is 5.78 Å². The molecule has 4 fully saturated rings. The number of aliphatic hydroxyl groups excluding tert-OH is 2. The number of hydrogen-bond acceptors (Lipinski definition) is 16. The number of nitrogens with zero attached hydrogens (tertiary/aromatic N) is 2. The topological polar surface area (TPSA) is 217 Å². The molecule has 0 aromatic carbocycles. The van der Waals surface area contributed by atoms with E-state index in [1.165, 1.54) is 12.0 Å². The first-order valence-corrected chi connectivity index (χ1v) is 28.8. The number of piperidine rings is 1. The van der Waals surface area contributed by atoms with Crippen molar-refractivity contribution in [2.24, 2.45) is 35.5 Å². The van der Waals surface area contributed by atoms with E-state index in [1.54, 1.807) is 34.0 Å². The second-order valence-corrected chi connectivity index (χ2v) is 23.1. The van der Waals surface area contributed by atoms with E-state index in [-0.39, 0.29) is 80.5 Å². The van der Waals surface area contributed by atoms with E-state index in [0.717, 1.165) is 51.1 Å². The molecule has 0 unspecified atom stereocenters. The van der Waals surface area contributed by atoms with Crippen LogP contribution in [0.2, 0.25) is 0 Å². The minimum absolute atomic E-state index is 0.0100. The lowest BCUT2D eigenvalue weighted by atomic mass is 9.78. The van der Waals surface area contributed by atoms with Crippen LogP contribution >= 0.6 is 0 Å². The summed E-state index contributed by atoms with van der Waals surface area (Å²) >= 11 is 0. The maximum Gasteiger partial charge on any atom is 0.329 e. The molecule has 1 amide bonds. The maximum absolute atomic E-state index is 14.6. The van der Waals surface area contributed by atoms with E-state index < -0.39 is 77.8 Å². The summed E-state index contributed by atoms with van der Waals surface area (Å²) < 4.78 is 42.3. The highest BCUT2D eigenvalue weighted by molar-refractivity contribution is 6.39. The minimum Gasteiger partial charge on any atom is -0.460 e. The summed E-state index contributed by atoms with van der Waals surface area (Å²) in [6.45, 7) is 18.7. The van der Waals surface area contributed by atoms with Crippen molar-refractivity contribution in [3.05, 3.63) is 47.6 Å². The van der Waals surface area contributed by atoms with Gasteiger partial charge in [-0.15, -0.1) is 0 Å². The average Bonchev–Trinajstić information content (AvgIpc) is 3.41. The smallest absolute Gasteiger partial charge is 0.329 e. The van der Waals surface area contributed by atoms with Crippen LogP contribution in [0.15, 0.2) is 47.6 Å². The number of hydrogen-bond donors (Lipinski definition) is 3. The first kappa shape index (κ1) is 64.3. The number of fused-ring (bicyclic) bond motifs is 3. The molecule has 17 nitrogen and oxygen atoms in total. The summed E-state index contributed by atoms with van der Waals surface area (Å²) in [5.74, 6) is -8.09. The Hall–Kier alpha value is -3.49. The van der Waals surface area contributed by atoms with Gasteiger partial charge in [0.25, 0.3) is 11.7 Å². The molecule has 436 valence electrons. The van der Waals surface area contributed by atoms with Crippen LogP contribution in [0.3, 0.4) is 0 Å². The Bertz CT molecular complexity index is 2040. The van der Waals surface area contributed by atoms with Crippen LogP contribution < -0.4 is 0 Å². The van der Waals surface area contributed by atoms with Gasteiger partial charge in [-0.25, -0.2) is 4.79 Å². The molecular formula is C60H96N2O15. The zero-order chi connectivity index (χ0) is 56.4. The Kier molecular flexibility index (Phi) is 26.3. The highest BCUT2D eigenvalue weighted by atomic mass is 16.6. The monoisotopic (exact) mass is 1080 g/mol. The minimum atomic E-state index is -2.48. The van der Waals surface area contributed by atoms with Crippen LogP contribution in [0.1, 0.15) is 139 Å². The van der Waals surface area contributed by atoms with Crippen molar-refractivity contribution in [1.29, 1.82) is 0 Å². The number of ketones is 3. The molecule has 5 rings (SSSR count). The third-order valence-electron chi connectivity index (χ3n) is 17.0. The van der Waals surface area contributed by atoms with Gasteiger partial charge in [0, 0.05) is 77.1 Å². The molecule has 4 heterocycles. The molecule has 1 aliphatic carbocycles. The van der Waals surface area contributed by atoms with Gasteiger partial charge in [-0.1, -0.05) is 71.1 Å². The molecule has 0 aromatic rings. The number of carbonyl (C=O) groups is 5. The molecule has 16 atom stereocenters. The summed E-state index contributed by atoms with van der Waals surface area (Å²) in [5.41, 5.74) is 1.19. The van der Waals surface area contributed by atoms with Crippen LogP contribution in [0.5, 0.6) is 0 Å². The van der Waals surface area contributed by atoms with Gasteiger partial charge >= 0.3 is 5.97 Å². The van der Waals surface area contributed by atoms with Gasteiger partial charge in [-0.3, -0.25) is 24.1 Å². The van der Waals surface area contributed by atoms with E-state index in [2.05, 4.69) is 11.8 Å². The maximum atomic E-state index is 14.6. The van der Waals surface area contributed by atoms with Crippen molar-refractivity contribution in [2.45, 2.75) is 199 Å². The first-order chi connectivity index (χ1) is 36.7. The van der Waals surface area contributed by atoms with E-state index in [1.807, 2.05) is 58.1 Å². The Morgan fingerprint density at radius 2 is 1.61 bits per heavy atom. The van der Waals surface area contributed by atoms with Crippen molar-refractivity contribution in [2.75, 3.05) is 66.9 Å². The molecule has 0 radical (unpaired) electrons. The van der Waals surface area contributed by atoms with E-state index >= 15 is 0 Å². The van der Waals surface area contributed by atoms with Crippen molar-refractivity contribution < 1.29 is 72.5 Å². The van der Waals surface area contributed by atoms with Crippen molar-refractivity contribution in [1.82, 2.24) is 9.80 Å². The van der Waals surface area contributed by atoms with Crippen molar-refractivity contribution >= 4 is 29.2 Å². The molecule has 17 heteroatoms. The number of esters is 1. The first-order valence-electron chi connectivity index (χ1n) is 28.8. The Balaban J connectivity index is 1.41. The number of aliphatic hydroxyl groups is 3. The van der Waals surface area contributed by atoms with Gasteiger partial charge < -0.3 is 53.4 Å². The number of methoxy groups -OCH3 is 2. The lowest BCUT2D eigenvalue weighted by Crippen LogP contribution is -2.61. The summed E-state index contributed by atoms with van der Waals surface area (Å²) in [6.07, 6.45) is 12.7. The van der Waals surface area contributed by atoms with Crippen molar-refractivity contribution in [3.63, 3.8) is 0 Å². The van der Waals surface area contributed by atoms with Crippen LogP contribution in [0, 0.1) is 35.5 Å². The van der Waals surface area contributed by atoms with Gasteiger partial charge in [-0.2, -0.15) is 0 Å². The number of Topliss-reactive ketones (excluding diaryl/α,β-unsaturated/α-hetero) is 3. The SMILES string of the molecule is CO[C@@H]1C[C@H](C[C@@H](C)[C@@H]2CC(=O)[C@H](C)/C=C(\C)[C@@H](O)[C@@H](OC)C(=O)[C@H](C)C[C@H](C)/C=C/C=C/C=C(\C)[C@@H](OCCO)C[C@@H]3CC[C@@H](C)[C@@](O)(O3)C(=O)C(=O)N3CCCC[C@H]3C(=O)O2)CC[C@H]1OCCCN1CCOC[C@H]1C. The summed E-state index contributed by atoms with van der Waals surface area (Å²) in [6, 6.07) is -0.783. The summed E-state index contributed by atoms with van der Waals surface area (Å²) in [5, 5.41) is 33.4. The van der Waals surface area contributed by atoms with E-state index in [0.29, 0.717) is 63.2 Å². The predicted octanol–water partition coefficient (Wildman–Crippen LogP) is 6.68. The molecular weight excluding hydrogens is 989 g/mol. The van der Waals surface area contributed by atoms with Crippen LogP contribution in [-0.2, 0) is 57.1 Å². The number of allylic oxidation sites excluding steroid dienone is 6. The standard InChI is InChI=1S/C60H96N2O15/c1-38-17-12-11-13-18-39(2)51(75-30-27-63)35-47-22-20-44(7)60(70,77-47)57(67)58(68)62-25-15-14-19-48(62)59(69)76-52(36-49(64)40(3)32-43(6)55(66)56(72-10)54(65)42(5)31-38)41(4)33-46-21-23-50(53(34-46)71-9)74-28-16-24-61-26-29-73-37-45(61)8/h11-13,17-18,32,38,40-42,44-48,50-53,55-56,63,66,70H,14-16,19-31,33-37H2,1-10H3/b13-11+,17-12+,39-18+,43-32+/t38-,40-,41-,42-,44-,45-,46+,47+,48+,50-,51+,52+,53-,55-,56+,60-/m1/s1. The van der Waals surface area contributed by atoms with Crippen LogP contribution in [0.4, 0.5) is 0 Å². The lowest BCUT2D eigenvalue weighted by molar-refractivity contribution is -0.266. The summed E-state index contributed by atoms with van der Waals surface area (Å²) in [4.78, 5) is 75.4. The molecule has 0 spiro atoms. The number of rotatable bonds is 13. The molecule has 2 bridgehead atoms. The largest absolute Gasteiger partial charge is 0.460 e. The van der Waals surface area contributed by atoms with E-state index in [4.69, 9.17) is 33.2 Å². The quantitative estimate of drug-likeness (QED) is 0.0759. The fourth-order valence-corrected chi connectivity index (χ4v) is 12.0. The van der Waals surface area contributed by atoms with Gasteiger partial charge in [0.05, 0.1) is 50.8 Å². The number of cyclic esters (lactones) is 1. The highest BCUT2D eigenvalue weighted by Crippen LogP contribution is 2.38. The molecule has 4 aliphatic heterocycles. The molecule has 77 heavy (non-hydrogen) atoms.